The Morgan fingerprint density at radius 1 is 0.852 bits per heavy atom. The van der Waals surface area contributed by atoms with Crippen LogP contribution in [0.15, 0.2) is 60.7 Å². The molecule has 2 aromatic carbocycles. The summed E-state index contributed by atoms with van der Waals surface area (Å²) in [4.78, 5) is 28.9. The van der Waals surface area contributed by atoms with Crippen molar-refractivity contribution in [3.8, 4) is 0 Å². The summed E-state index contributed by atoms with van der Waals surface area (Å²) in [5.74, 6) is 0.193. The molecule has 1 atom stereocenters. The van der Waals surface area contributed by atoms with Gasteiger partial charge in [0.15, 0.2) is 5.78 Å². The first-order valence-electron chi connectivity index (χ1n) is 9.49. The van der Waals surface area contributed by atoms with Gasteiger partial charge in [0.25, 0.3) is 0 Å². The number of benzene rings is 2. The summed E-state index contributed by atoms with van der Waals surface area (Å²) in [5, 5.41) is 3.06. The molecule has 5 heteroatoms. The van der Waals surface area contributed by atoms with E-state index in [1.54, 1.807) is 0 Å². The lowest BCUT2D eigenvalue weighted by Gasteiger charge is -2.34. The molecule has 1 aliphatic rings. The number of nitrogens with one attached hydrogen (secondary N) is 1. The number of hydrogen-bond donors (Lipinski definition) is 1. The topological polar surface area (TPSA) is 52.7 Å². The summed E-state index contributed by atoms with van der Waals surface area (Å²) in [6.45, 7) is 6.05. The average molecular weight is 365 g/mol. The first-order chi connectivity index (χ1) is 13.1. The van der Waals surface area contributed by atoms with E-state index in [2.05, 4.69) is 15.1 Å². The van der Waals surface area contributed by atoms with Gasteiger partial charge in [0.05, 0.1) is 19.1 Å². The van der Waals surface area contributed by atoms with Gasteiger partial charge in [-0.2, -0.15) is 0 Å². The van der Waals surface area contributed by atoms with Crippen LogP contribution in [0.4, 0.5) is 0 Å². The van der Waals surface area contributed by atoms with Crippen molar-refractivity contribution in [3.63, 3.8) is 0 Å². The normalized spacial score (nSPS) is 16.6. The zero-order chi connectivity index (χ0) is 19.1. The van der Waals surface area contributed by atoms with Gasteiger partial charge in [0, 0.05) is 31.7 Å². The molecule has 0 radical (unpaired) electrons. The Balaban J connectivity index is 1.40. The van der Waals surface area contributed by atoms with Crippen molar-refractivity contribution < 1.29 is 9.59 Å². The highest BCUT2D eigenvalue weighted by Gasteiger charge is 2.21. The Labute approximate surface area is 161 Å². The number of Topliss-reactive ketones (excluding diaryl/α,β-unsaturated/α-hetero) is 1. The van der Waals surface area contributed by atoms with Gasteiger partial charge < -0.3 is 5.32 Å². The standard InChI is InChI=1S/C22H27N3O2/c1-18(19-8-4-2-5-9-19)23-22(27)17-25-14-12-24(13-15-25)16-21(26)20-10-6-3-7-11-20/h2-11,18H,12-17H2,1H3,(H,23,27)/t18-/m1/s1. The van der Waals surface area contributed by atoms with Crippen LogP contribution < -0.4 is 5.32 Å². The number of carbonyl (C=O) groups excluding carboxylic acids is 2. The number of ketones is 1. The molecule has 5 nitrogen and oxygen atoms in total. The Kier molecular flexibility index (Phi) is 6.74. The molecule has 0 aliphatic carbocycles. The molecule has 1 amide bonds. The largest absolute Gasteiger partial charge is 0.348 e. The zero-order valence-electron chi connectivity index (χ0n) is 15.8. The number of piperazine rings is 1. The predicted molar refractivity (Wildman–Crippen MR) is 107 cm³/mol. The van der Waals surface area contributed by atoms with Crippen molar-refractivity contribution in [2.24, 2.45) is 0 Å². The summed E-state index contributed by atoms with van der Waals surface area (Å²) in [5.41, 5.74) is 1.87. The van der Waals surface area contributed by atoms with Gasteiger partial charge in [0.2, 0.25) is 5.91 Å². The molecule has 142 valence electrons. The lowest BCUT2D eigenvalue weighted by atomic mass is 10.1. The number of amides is 1. The molecule has 1 heterocycles. The molecule has 1 saturated heterocycles. The number of carbonyl (C=O) groups is 2. The van der Waals surface area contributed by atoms with Gasteiger partial charge in [-0.3, -0.25) is 19.4 Å². The van der Waals surface area contributed by atoms with E-state index in [4.69, 9.17) is 0 Å². The zero-order valence-corrected chi connectivity index (χ0v) is 15.8. The molecule has 1 fully saturated rings. The molecule has 0 aromatic heterocycles. The molecule has 0 unspecified atom stereocenters. The first-order valence-corrected chi connectivity index (χ1v) is 9.49. The van der Waals surface area contributed by atoms with E-state index in [9.17, 15) is 9.59 Å². The molecular weight excluding hydrogens is 338 g/mol. The van der Waals surface area contributed by atoms with Crippen molar-refractivity contribution in [3.05, 3.63) is 71.8 Å². The second-order valence-corrected chi connectivity index (χ2v) is 7.04. The van der Waals surface area contributed by atoms with E-state index >= 15 is 0 Å². The van der Waals surface area contributed by atoms with Crippen molar-refractivity contribution in [2.75, 3.05) is 39.3 Å². The third-order valence-electron chi connectivity index (χ3n) is 4.97. The number of hydrogen-bond acceptors (Lipinski definition) is 4. The fourth-order valence-electron chi connectivity index (χ4n) is 3.34. The summed E-state index contributed by atoms with van der Waals surface area (Å²) in [6.07, 6.45) is 0. The quantitative estimate of drug-likeness (QED) is 0.766. The van der Waals surface area contributed by atoms with Gasteiger partial charge >= 0.3 is 0 Å². The fraction of sp³-hybridized carbons (Fsp3) is 0.364. The SMILES string of the molecule is C[C@@H](NC(=O)CN1CCN(CC(=O)c2ccccc2)CC1)c1ccccc1. The molecule has 1 N–H and O–H groups in total. The van der Waals surface area contributed by atoms with Crippen molar-refractivity contribution >= 4 is 11.7 Å². The maximum absolute atomic E-state index is 12.3. The Hall–Kier alpha value is -2.50. The van der Waals surface area contributed by atoms with Crippen LogP contribution in [0.1, 0.15) is 28.9 Å². The van der Waals surface area contributed by atoms with Gasteiger partial charge in [-0.15, -0.1) is 0 Å². The highest BCUT2D eigenvalue weighted by molar-refractivity contribution is 5.97. The van der Waals surface area contributed by atoms with Crippen LogP contribution in [0.2, 0.25) is 0 Å². The maximum atomic E-state index is 12.3. The minimum atomic E-state index is 0.00322. The second kappa shape index (κ2) is 9.44. The smallest absolute Gasteiger partial charge is 0.234 e. The van der Waals surface area contributed by atoms with Crippen LogP contribution in [-0.2, 0) is 4.79 Å². The van der Waals surface area contributed by atoms with Gasteiger partial charge in [0.1, 0.15) is 0 Å². The molecule has 0 spiro atoms. The van der Waals surface area contributed by atoms with E-state index in [1.165, 1.54) is 0 Å². The Morgan fingerprint density at radius 2 is 1.37 bits per heavy atom. The Morgan fingerprint density at radius 3 is 1.96 bits per heavy atom. The maximum Gasteiger partial charge on any atom is 0.234 e. The second-order valence-electron chi connectivity index (χ2n) is 7.04. The lowest BCUT2D eigenvalue weighted by Crippen LogP contribution is -2.50. The predicted octanol–water partition coefficient (Wildman–Crippen LogP) is 2.36. The highest BCUT2D eigenvalue weighted by atomic mass is 16.2. The molecule has 0 saturated carbocycles. The van der Waals surface area contributed by atoms with Gasteiger partial charge in [-0.05, 0) is 12.5 Å². The third kappa shape index (κ3) is 5.74. The summed E-state index contributed by atoms with van der Waals surface area (Å²) in [7, 11) is 0. The summed E-state index contributed by atoms with van der Waals surface area (Å²) >= 11 is 0. The molecule has 0 bridgehead atoms. The van der Waals surface area contributed by atoms with Gasteiger partial charge in [-0.25, -0.2) is 0 Å². The Bertz CT molecular complexity index is 741. The molecule has 27 heavy (non-hydrogen) atoms. The average Bonchev–Trinajstić information content (AvgIpc) is 2.70. The lowest BCUT2D eigenvalue weighted by molar-refractivity contribution is -0.123. The van der Waals surface area contributed by atoms with Crippen LogP contribution in [-0.4, -0.2) is 60.8 Å². The summed E-state index contributed by atoms with van der Waals surface area (Å²) < 4.78 is 0. The van der Waals surface area contributed by atoms with Crippen LogP contribution >= 0.6 is 0 Å². The van der Waals surface area contributed by atoms with Crippen molar-refractivity contribution in [1.29, 1.82) is 0 Å². The van der Waals surface area contributed by atoms with E-state index in [0.29, 0.717) is 13.1 Å². The van der Waals surface area contributed by atoms with E-state index < -0.39 is 0 Å². The molecule has 3 rings (SSSR count). The molecule has 2 aromatic rings. The van der Waals surface area contributed by atoms with Crippen LogP contribution in [0, 0.1) is 0 Å². The fourth-order valence-corrected chi connectivity index (χ4v) is 3.34. The molecular formula is C22H27N3O2. The van der Waals surface area contributed by atoms with Gasteiger partial charge in [-0.1, -0.05) is 60.7 Å². The summed E-state index contributed by atoms with van der Waals surface area (Å²) in [6, 6.07) is 19.4. The monoisotopic (exact) mass is 365 g/mol. The van der Waals surface area contributed by atoms with Crippen LogP contribution in [0.5, 0.6) is 0 Å². The number of rotatable bonds is 7. The third-order valence-corrected chi connectivity index (χ3v) is 4.97. The van der Waals surface area contributed by atoms with E-state index in [0.717, 1.165) is 37.3 Å². The van der Waals surface area contributed by atoms with Crippen LogP contribution in [0.25, 0.3) is 0 Å². The minimum absolute atomic E-state index is 0.00322. The number of nitrogens with zero attached hydrogens (tertiary/aromatic N) is 2. The van der Waals surface area contributed by atoms with E-state index in [1.807, 2.05) is 67.6 Å². The highest BCUT2D eigenvalue weighted by Crippen LogP contribution is 2.11. The first kappa shape index (κ1) is 19.3. The molecule has 1 aliphatic heterocycles. The van der Waals surface area contributed by atoms with Crippen molar-refractivity contribution in [1.82, 2.24) is 15.1 Å². The minimum Gasteiger partial charge on any atom is -0.348 e. The van der Waals surface area contributed by atoms with E-state index in [-0.39, 0.29) is 17.7 Å². The van der Waals surface area contributed by atoms with Crippen molar-refractivity contribution in [2.45, 2.75) is 13.0 Å². The van der Waals surface area contributed by atoms with Crippen LogP contribution in [0.3, 0.4) is 0 Å².